The molecule has 11 heteroatoms. The molecule has 2 N–H and O–H groups in total. The summed E-state index contributed by atoms with van der Waals surface area (Å²) in [5, 5.41) is 6.20. The minimum absolute atomic E-state index is 0.122. The molecule has 3 amide bonds. The Hall–Kier alpha value is -3.23. The fourth-order valence-electron chi connectivity index (χ4n) is 3.31. The van der Waals surface area contributed by atoms with Crippen molar-refractivity contribution in [2.45, 2.75) is 0 Å². The maximum atomic E-state index is 13.0. The van der Waals surface area contributed by atoms with Crippen molar-refractivity contribution in [3.8, 4) is 5.75 Å². The highest BCUT2D eigenvalue weighted by Gasteiger charge is 2.39. The molecule has 178 valence electrons. The second-order valence-electron chi connectivity index (χ2n) is 7.23. The van der Waals surface area contributed by atoms with Gasteiger partial charge in [0.15, 0.2) is 0 Å². The number of hydrogen-bond acceptors (Lipinski definition) is 5. The van der Waals surface area contributed by atoms with Crippen molar-refractivity contribution in [3.05, 3.63) is 92.0 Å². The zero-order valence-corrected chi connectivity index (χ0v) is 20.9. The first-order valence-electron chi connectivity index (χ1n) is 9.95. The molecular formula is C24H15Cl4N3O4. The summed E-state index contributed by atoms with van der Waals surface area (Å²) in [4.78, 5) is 39.1. The summed E-state index contributed by atoms with van der Waals surface area (Å²) in [7, 11) is 1.48. The van der Waals surface area contributed by atoms with E-state index in [1.165, 1.54) is 37.4 Å². The largest absolute Gasteiger partial charge is 0.495 e. The number of imide groups is 1. The number of ether oxygens (including phenoxy) is 1. The van der Waals surface area contributed by atoms with Crippen molar-refractivity contribution in [1.82, 2.24) is 0 Å². The predicted octanol–water partition coefficient (Wildman–Crippen LogP) is 6.34. The van der Waals surface area contributed by atoms with Crippen LogP contribution in [-0.4, -0.2) is 24.8 Å². The van der Waals surface area contributed by atoms with E-state index in [1.807, 2.05) is 0 Å². The van der Waals surface area contributed by atoms with E-state index >= 15 is 0 Å². The van der Waals surface area contributed by atoms with Gasteiger partial charge in [-0.1, -0.05) is 46.4 Å². The molecule has 0 saturated carbocycles. The molecule has 1 aliphatic heterocycles. The predicted molar refractivity (Wildman–Crippen MR) is 138 cm³/mol. The number of nitrogens with zero attached hydrogens (tertiary/aromatic N) is 1. The summed E-state index contributed by atoms with van der Waals surface area (Å²) < 4.78 is 5.23. The number of hydrogen-bond donors (Lipinski definition) is 2. The van der Waals surface area contributed by atoms with Crippen molar-refractivity contribution < 1.29 is 19.1 Å². The van der Waals surface area contributed by atoms with Gasteiger partial charge in [0.05, 0.1) is 23.5 Å². The summed E-state index contributed by atoms with van der Waals surface area (Å²) in [6.07, 6.45) is 0. The minimum atomic E-state index is -0.727. The van der Waals surface area contributed by atoms with Gasteiger partial charge in [0.2, 0.25) is 0 Å². The van der Waals surface area contributed by atoms with Gasteiger partial charge >= 0.3 is 0 Å². The zero-order valence-electron chi connectivity index (χ0n) is 17.9. The lowest BCUT2D eigenvalue weighted by Crippen LogP contribution is -2.32. The Morgan fingerprint density at radius 3 is 2.17 bits per heavy atom. The zero-order chi connectivity index (χ0) is 25.3. The fraction of sp³-hybridized carbons (Fsp3) is 0.0417. The minimum Gasteiger partial charge on any atom is -0.495 e. The first-order valence-corrected chi connectivity index (χ1v) is 11.5. The molecule has 0 unspecified atom stereocenters. The Morgan fingerprint density at radius 1 is 0.857 bits per heavy atom. The number of benzene rings is 3. The van der Waals surface area contributed by atoms with Crippen molar-refractivity contribution >= 4 is 81.2 Å². The fourth-order valence-corrected chi connectivity index (χ4v) is 4.19. The standard InChI is InChI=1S/C24H15Cl4N3O4/c1-35-19-9-5-14(26)11-17(19)30-22(32)12-2-6-15(7-3-12)29-21-20(28)23(33)31(24(21)34)18-8-4-13(25)10-16(18)27/h2-11,29H,1H3,(H,30,32). The lowest BCUT2D eigenvalue weighted by Gasteiger charge is -2.16. The highest BCUT2D eigenvalue weighted by Crippen LogP contribution is 2.35. The van der Waals surface area contributed by atoms with Crippen LogP contribution in [0.1, 0.15) is 10.4 Å². The molecule has 0 radical (unpaired) electrons. The average molecular weight is 551 g/mol. The highest BCUT2D eigenvalue weighted by atomic mass is 35.5. The van der Waals surface area contributed by atoms with Gasteiger partial charge in [0.1, 0.15) is 16.5 Å². The summed E-state index contributed by atoms with van der Waals surface area (Å²) in [6, 6.07) is 15.5. The van der Waals surface area contributed by atoms with Gasteiger partial charge in [-0.3, -0.25) is 14.4 Å². The smallest absolute Gasteiger partial charge is 0.283 e. The van der Waals surface area contributed by atoms with Gasteiger partial charge in [-0.15, -0.1) is 0 Å². The first-order chi connectivity index (χ1) is 16.7. The molecule has 0 aromatic heterocycles. The Kier molecular flexibility index (Phi) is 7.23. The van der Waals surface area contributed by atoms with E-state index in [0.29, 0.717) is 32.7 Å². The molecule has 0 atom stereocenters. The Bertz CT molecular complexity index is 1390. The maximum Gasteiger partial charge on any atom is 0.283 e. The molecule has 0 aliphatic carbocycles. The van der Waals surface area contributed by atoms with Gasteiger partial charge in [-0.25, -0.2) is 4.90 Å². The average Bonchev–Trinajstić information content (AvgIpc) is 3.03. The molecule has 4 rings (SSSR count). The number of nitrogens with one attached hydrogen (secondary N) is 2. The van der Waals surface area contributed by atoms with Crippen LogP contribution in [0.3, 0.4) is 0 Å². The number of amides is 3. The Labute approximate surface area is 220 Å². The van der Waals surface area contributed by atoms with E-state index in [0.717, 1.165) is 4.90 Å². The van der Waals surface area contributed by atoms with Gasteiger partial charge in [-0.05, 0) is 60.7 Å². The van der Waals surface area contributed by atoms with Crippen LogP contribution in [0.15, 0.2) is 71.4 Å². The molecule has 1 aliphatic rings. The van der Waals surface area contributed by atoms with E-state index < -0.39 is 17.7 Å². The lowest BCUT2D eigenvalue weighted by molar-refractivity contribution is -0.120. The van der Waals surface area contributed by atoms with Gasteiger partial charge in [0, 0.05) is 21.3 Å². The molecule has 3 aromatic rings. The summed E-state index contributed by atoms with van der Waals surface area (Å²) >= 11 is 24.2. The third-order valence-electron chi connectivity index (χ3n) is 5.00. The molecule has 7 nitrogen and oxygen atoms in total. The normalized spacial score (nSPS) is 13.3. The van der Waals surface area contributed by atoms with E-state index in [1.54, 1.807) is 30.3 Å². The van der Waals surface area contributed by atoms with Crippen molar-refractivity contribution in [1.29, 1.82) is 0 Å². The highest BCUT2D eigenvalue weighted by molar-refractivity contribution is 6.54. The van der Waals surface area contributed by atoms with Crippen LogP contribution in [0, 0.1) is 0 Å². The summed E-state index contributed by atoms with van der Waals surface area (Å²) in [6.45, 7) is 0. The Morgan fingerprint density at radius 2 is 1.51 bits per heavy atom. The molecule has 0 spiro atoms. The number of carbonyl (C=O) groups excluding carboxylic acids is 3. The molecular weight excluding hydrogens is 536 g/mol. The molecule has 0 bridgehead atoms. The number of anilines is 3. The third kappa shape index (κ3) is 5.09. The van der Waals surface area contributed by atoms with Crippen molar-refractivity contribution in [2.75, 3.05) is 22.6 Å². The van der Waals surface area contributed by atoms with Crippen LogP contribution in [0.4, 0.5) is 17.1 Å². The first kappa shape index (κ1) is 24.9. The van der Waals surface area contributed by atoms with Gasteiger partial charge in [0.25, 0.3) is 17.7 Å². The molecule has 0 fully saturated rings. The third-order valence-corrected chi connectivity index (χ3v) is 6.13. The monoisotopic (exact) mass is 549 g/mol. The van der Waals surface area contributed by atoms with Gasteiger partial charge in [-0.2, -0.15) is 0 Å². The Balaban J connectivity index is 1.50. The van der Waals surface area contributed by atoms with Crippen LogP contribution in [0.5, 0.6) is 5.75 Å². The van der Waals surface area contributed by atoms with E-state index in [4.69, 9.17) is 51.1 Å². The quantitative estimate of drug-likeness (QED) is 0.349. The topological polar surface area (TPSA) is 87.7 Å². The molecule has 35 heavy (non-hydrogen) atoms. The summed E-state index contributed by atoms with van der Waals surface area (Å²) in [5.41, 5.74) is 1.22. The number of rotatable bonds is 6. The number of methoxy groups -OCH3 is 1. The maximum absolute atomic E-state index is 13.0. The number of halogens is 4. The van der Waals surface area contributed by atoms with Crippen LogP contribution in [0.25, 0.3) is 0 Å². The second-order valence-corrected chi connectivity index (χ2v) is 8.89. The molecule has 3 aromatic carbocycles. The lowest BCUT2D eigenvalue weighted by atomic mass is 10.1. The SMILES string of the molecule is COc1ccc(Cl)cc1NC(=O)c1ccc(NC2=C(Cl)C(=O)N(c3ccc(Cl)cc3Cl)C2=O)cc1. The molecule has 1 heterocycles. The van der Waals surface area contributed by atoms with Crippen LogP contribution < -0.4 is 20.3 Å². The van der Waals surface area contributed by atoms with E-state index in [-0.39, 0.29) is 21.4 Å². The van der Waals surface area contributed by atoms with E-state index in [9.17, 15) is 14.4 Å². The van der Waals surface area contributed by atoms with Crippen LogP contribution in [0.2, 0.25) is 15.1 Å². The van der Waals surface area contributed by atoms with Crippen molar-refractivity contribution in [2.24, 2.45) is 0 Å². The van der Waals surface area contributed by atoms with Crippen LogP contribution >= 0.6 is 46.4 Å². The van der Waals surface area contributed by atoms with Gasteiger partial charge < -0.3 is 15.4 Å². The summed E-state index contributed by atoms with van der Waals surface area (Å²) in [5.74, 6) is -1.35. The van der Waals surface area contributed by atoms with Crippen molar-refractivity contribution in [3.63, 3.8) is 0 Å². The van der Waals surface area contributed by atoms with E-state index in [2.05, 4.69) is 10.6 Å². The van der Waals surface area contributed by atoms with Crippen LogP contribution in [-0.2, 0) is 9.59 Å². The number of carbonyl (C=O) groups is 3. The molecule has 0 saturated heterocycles. The second kappa shape index (κ2) is 10.2.